The Labute approximate surface area is 166 Å². The van der Waals surface area contributed by atoms with Gasteiger partial charge in [0.15, 0.2) is 5.82 Å². The number of hydrogen-bond acceptors (Lipinski definition) is 4. The van der Waals surface area contributed by atoms with E-state index in [1.165, 1.54) is 7.11 Å². The topological polar surface area (TPSA) is 74.0 Å². The molecule has 0 saturated carbocycles. The second-order valence-electron chi connectivity index (χ2n) is 5.90. The largest absolute Gasteiger partial charge is 0.496 e. The number of hydrogen-bond donors (Lipinski definition) is 1. The summed E-state index contributed by atoms with van der Waals surface area (Å²) in [6, 6.07) is 12.4. The van der Waals surface area contributed by atoms with Crippen molar-refractivity contribution in [1.82, 2.24) is 19.3 Å². The Bertz CT molecular complexity index is 1090. The molecule has 0 saturated heterocycles. The van der Waals surface area contributed by atoms with Crippen LogP contribution >= 0.6 is 11.6 Å². The second kappa shape index (κ2) is 7.58. The van der Waals surface area contributed by atoms with Crippen molar-refractivity contribution < 1.29 is 9.53 Å². The molecule has 3 aromatic heterocycles. The van der Waals surface area contributed by atoms with Gasteiger partial charge in [0.1, 0.15) is 5.75 Å². The van der Waals surface area contributed by atoms with E-state index in [2.05, 4.69) is 15.4 Å². The van der Waals surface area contributed by atoms with E-state index in [1.807, 2.05) is 35.2 Å². The summed E-state index contributed by atoms with van der Waals surface area (Å²) in [6.07, 6.45) is 8.77. The average Bonchev–Trinajstić information content (AvgIpc) is 3.42. The van der Waals surface area contributed by atoms with Gasteiger partial charge in [-0.2, -0.15) is 5.10 Å². The number of nitrogens with zero attached hydrogens (tertiary/aromatic N) is 4. The maximum atomic E-state index is 12.8. The van der Waals surface area contributed by atoms with Crippen molar-refractivity contribution in [2.75, 3.05) is 12.4 Å². The number of halogens is 1. The normalized spacial score (nSPS) is 10.6. The highest BCUT2D eigenvalue weighted by molar-refractivity contribution is 6.33. The number of pyridine rings is 1. The molecule has 0 aliphatic carbocycles. The minimum absolute atomic E-state index is 0.333. The summed E-state index contributed by atoms with van der Waals surface area (Å²) in [5, 5.41) is 7.37. The molecule has 3 heterocycles. The zero-order valence-corrected chi connectivity index (χ0v) is 15.7. The maximum Gasteiger partial charge on any atom is 0.259 e. The van der Waals surface area contributed by atoms with E-state index < -0.39 is 0 Å². The van der Waals surface area contributed by atoms with Gasteiger partial charge in [0.25, 0.3) is 5.91 Å². The zero-order chi connectivity index (χ0) is 19.5. The number of anilines is 1. The van der Waals surface area contributed by atoms with Crippen LogP contribution in [0.25, 0.3) is 11.5 Å². The van der Waals surface area contributed by atoms with E-state index in [0.29, 0.717) is 27.8 Å². The number of nitrogens with one attached hydrogen (secondary N) is 1. The van der Waals surface area contributed by atoms with Crippen LogP contribution in [0.15, 0.2) is 73.4 Å². The summed E-state index contributed by atoms with van der Waals surface area (Å²) < 4.78 is 8.89. The summed E-state index contributed by atoms with van der Waals surface area (Å²) in [5.74, 6) is 0.734. The van der Waals surface area contributed by atoms with Crippen LogP contribution in [0, 0.1) is 0 Å². The number of rotatable bonds is 5. The minimum atomic E-state index is -0.341. The van der Waals surface area contributed by atoms with Gasteiger partial charge in [-0.3, -0.25) is 4.79 Å². The summed E-state index contributed by atoms with van der Waals surface area (Å²) in [4.78, 5) is 17.1. The summed E-state index contributed by atoms with van der Waals surface area (Å²) in [5.41, 5.74) is 1.61. The van der Waals surface area contributed by atoms with Crippen LogP contribution in [0.5, 0.6) is 5.75 Å². The van der Waals surface area contributed by atoms with E-state index in [4.69, 9.17) is 16.3 Å². The van der Waals surface area contributed by atoms with Crippen LogP contribution in [0.3, 0.4) is 0 Å². The van der Waals surface area contributed by atoms with Gasteiger partial charge in [-0.15, -0.1) is 0 Å². The van der Waals surface area contributed by atoms with Crippen LogP contribution in [0.4, 0.5) is 5.69 Å². The number of carbonyl (C=O) groups excluding carboxylic acids is 1. The molecular weight excluding hydrogens is 378 g/mol. The summed E-state index contributed by atoms with van der Waals surface area (Å²) >= 11 is 6.40. The fraction of sp³-hybridized carbons (Fsp3) is 0.0500. The van der Waals surface area contributed by atoms with Gasteiger partial charge in [-0.05, 0) is 36.4 Å². The lowest BCUT2D eigenvalue weighted by Gasteiger charge is -2.13. The fourth-order valence-corrected chi connectivity index (χ4v) is 3.04. The molecule has 28 heavy (non-hydrogen) atoms. The Morgan fingerprint density at radius 1 is 1.14 bits per heavy atom. The first kappa shape index (κ1) is 17.8. The first-order valence-electron chi connectivity index (χ1n) is 8.44. The minimum Gasteiger partial charge on any atom is -0.496 e. The van der Waals surface area contributed by atoms with Gasteiger partial charge < -0.3 is 14.6 Å². The Morgan fingerprint density at radius 2 is 1.96 bits per heavy atom. The Morgan fingerprint density at radius 3 is 2.61 bits per heavy atom. The van der Waals surface area contributed by atoms with Crippen molar-refractivity contribution in [2.24, 2.45) is 0 Å². The highest BCUT2D eigenvalue weighted by Gasteiger charge is 2.17. The van der Waals surface area contributed by atoms with E-state index in [1.54, 1.807) is 47.5 Å². The first-order valence-corrected chi connectivity index (χ1v) is 8.82. The molecule has 0 fully saturated rings. The molecule has 4 aromatic rings. The number of carbonyl (C=O) groups is 1. The summed E-state index contributed by atoms with van der Waals surface area (Å²) in [6.45, 7) is 0. The summed E-state index contributed by atoms with van der Waals surface area (Å²) in [7, 11) is 1.51. The molecule has 0 bridgehead atoms. The lowest BCUT2D eigenvalue weighted by atomic mass is 10.1. The van der Waals surface area contributed by atoms with Crippen LogP contribution in [0.1, 0.15) is 10.4 Å². The van der Waals surface area contributed by atoms with Gasteiger partial charge in [-0.1, -0.05) is 11.6 Å². The number of methoxy groups -OCH3 is 1. The highest BCUT2D eigenvalue weighted by atomic mass is 35.5. The molecule has 0 unspecified atom stereocenters. The molecule has 0 aliphatic rings. The lowest BCUT2D eigenvalue weighted by Crippen LogP contribution is -2.14. The quantitative estimate of drug-likeness (QED) is 0.556. The van der Waals surface area contributed by atoms with Crippen molar-refractivity contribution in [3.8, 4) is 17.3 Å². The SMILES string of the molecule is COc1cc(-n2cccc2)c(Cl)cc1C(=O)Nc1ccc(-n2cccn2)nc1. The van der Waals surface area contributed by atoms with Gasteiger partial charge in [0.05, 0.1) is 35.3 Å². The number of amides is 1. The maximum absolute atomic E-state index is 12.8. The molecule has 1 amide bonds. The Hall–Kier alpha value is -3.58. The molecule has 8 heteroatoms. The van der Waals surface area contributed by atoms with Crippen molar-refractivity contribution in [3.63, 3.8) is 0 Å². The van der Waals surface area contributed by atoms with Crippen molar-refractivity contribution in [3.05, 3.63) is 84.0 Å². The van der Waals surface area contributed by atoms with Gasteiger partial charge in [0.2, 0.25) is 0 Å². The Kier molecular flexibility index (Phi) is 4.82. The number of benzene rings is 1. The number of ether oxygens (including phenoxy) is 1. The predicted molar refractivity (Wildman–Crippen MR) is 107 cm³/mol. The van der Waals surface area contributed by atoms with Crippen molar-refractivity contribution >= 4 is 23.2 Å². The standard InChI is InChI=1S/C20H16ClN5O2/c1-28-18-12-17(25-8-2-3-9-25)16(21)11-15(18)20(27)24-14-5-6-19(22-13-14)26-10-4-7-23-26/h2-13H,1H3,(H,24,27). The molecule has 1 N–H and O–H groups in total. The Balaban J connectivity index is 1.58. The molecule has 140 valence electrons. The average molecular weight is 394 g/mol. The molecule has 0 radical (unpaired) electrons. The molecule has 0 atom stereocenters. The lowest BCUT2D eigenvalue weighted by molar-refractivity contribution is 0.102. The third-order valence-electron chi connectivity index (χ3n) is 4.14. The molecule has 7 nitrogen and oxygen atoms in total. The molecule has 1 aromatic carbocycles. The van der Waals surface area contributed by atoms with E-state index >= 15 is 0 Å². The van der Waals surface area contributed by atoms with Crippen molar-refractivity contribution in [2.45, 2.75) is 0 Å². The first-order chi connectivity index (χ1) is 13.7. The van der Waals surface area contributed by atoms with Crippen molar-refractivity contribution in [1.29, 1.82) is 0 Å². The van der Waals surface area contributed by atoms with E-state index in [0.717, 1.165) is 5.69 Å². The molecular formula is C20H16ClN5O2. The van der Waals surface area contributed by atoms with Gasteiger partial charge >= 0.3 is 0 Å². The monoisotopic (exact) mass is 393 g/mol. The third kappa shape index (κ3) is 3.47. The molecule has 0 spiro atoms. The van der Waals surface area contributed by atoms with Gasteiger partial charge in [0, 0.05) is 30.9 Å². The highest BCUT2D eigenvalue weighted by Crippen LogP contribution is 2.30. The van der Waals surface area contributed by atoms with E-state index in [-0.39, 0.29) is 5.91 Å². The second-order valence-corrected chi connectivity index (χ2v) is 6.31. The molecule has 0 aliphatic heterocycles. The zero-order valence-electron chi connectivity index (χ0n) is 14.9. The number of aromatic nitrogens is 4. The third-order valence-corrected chi connectivity index (χ3v) is 4.44. The van der Waals surface area contributed by atoms with Crippen LogP contribution in [-0.4, -0.2) is 32.3 Å². The fourth-order valence-electron chi connectivity index (χ4n) is 2.78. The van der Waals surface area contributed by atoms with Gasteiger partial charge in [-0.25, -0.2) is 9.67 Å². The molecule has 4 rings (SSSR count). The predicted octanol–water partition coefficient (Wildman–Crippen LogP) is 3.97. The smallest absolute Gasteiger partial charge is 0.259 e. The van der Waals surface area contributed by atoms with Crippen LogP contribution in [-0.2, 0) is 0 Å². The van der Waals surface area contributed by atoms with Crippen LogP contribution < -0.4 is 10.1 Å². The van der Waals surface area contributed by atoms with E-state index in [9.17, 15) is 4.79 Å². The van der Waals surface area contributed by atoms with Crippen LogP contribution in [0.2, 0.25) is 5.02 Å².